The summed E-state index contributed by atoms with van der Waals surface area (Å²) in [7, 11) is -3.42. The molecule has 7 nitrogen and oxygen atoms in total. The van der Waals surface area contributed by atoms with Crippen molar-refractivity contribution in [1.82, 2.24) is 10.2 Å². The fourth-order valence-electron chi connectivity index (χ4n) is 2.43. The molecule has 0 aliphatic rings. The number of halogens is 3. The van der Waals surface area contributed by atoms with Crippen molar-refractivity contribution < 1.29 is 30.8 Å². The number of alkyl halides is 3. The zero-order valence-corrected chi connectivity index (χ0v) is 16.6. The molecule has 0 aliphatic carbocycles. The monoisotopic (exact) mass is 439 g/mol. The molecular weight excluding hydrogens is 423 g/mol. The van der Waals surface area contributed by atoms with Crippen molar-refractivity contribution in [2.45, 2.75) is 30.2 Å². The maximum Gasteiger partial charge on any atom is 0.416 e. The summed E-state index contributed by atoms with van der Waals surface area (Å²) in [6.45, 7) is 3.15. The van der Waals surface area contributed by atoms with E-state index in [9.17, 15) is 26.4 Å². The van der Waals surface area contributed by atoms with E-state index in [1.807, 2.05) is 0 Å². The Kier molecular flexibility index (Phi) is 5.66. The second-order valence-electron chi connectivity index (χ2n) is 6.56. The van der Waals surface area contributed by atoms with Crippen LogP contribution in [0.4, 0.5) is 19.2 Å². The first-order valence-electron chi connectivity index (χ1n) is 8.65. The highest BCUT2D eigenvalue weighted by Crippen LogP contribution is 2.29. The van der Waals surface area contributed by atoms with Crippen LogP contribution in [0.15, 0.2) is 57.8 Å². The number of carbonyl (C=O) groups is 1. The number of nitrogens with one attached hydrogen (secondary N) is 1. The molecule has 158 valence electrons. The Balaban J connectivity index is 1.73. The molecule has 0 bridgehead atoms. The number of benzene rings is 2. The van der Waals surface area contributed by atoms with E-state index in [4.69, 9.17) is 4.42 Å². The van der Waals surface area contributed by atoms with Crippen LogP contribution in [0.1, 0.15) is 29.8 Å². The van der Waals surface area contributed by atoms with Gasteiger partial charge < -0.3 is 4.42 Å². The smallest absolute Gasteiger partial charge is 0.403 e. The van der Waals surface area contributed by atoms with Crippen molar-refractivity contribution in [1.29, 1.82) is 0 Å². The molecule has 0 fully saturated rings. The molecule has 0 aliphatic heterocycles. The normalized spacial score (nSPS) is 12.2. The van der Waals surface area contributed by atoms with E-state index in [-0.39, 0.29) is 22.4 Å². The minimum absolute atomic E-state index is 0.0222. The zero-order chi connectivity index (χ0) is 22.1. The van der Waals surface area contributed by atoms with Gasteiger partial charge in [0, 0.05) is 11.1 Å². The molecule has 11 heteroatoms. The van der Waals surface area contributed by atoms with Gasteiger partial charge in [0.1, 0.15) is 0 Å². The lowest BCUT2D eigenvalue weighted by molar-refractivity contribution is -0.137. The number of anilines is 1. The van der Waals surface area contributed by atoms with E-state index in [2.05, 4.69) is 15.5 Å². The first-order valence-corrected chi connectivity index (χ1v) is 10.2. The molecule has 0 unspecified atom stereocenters. The van der Waals surface area contributed by atoms with Gasteiger partial charge in [0.05, 0.1) is 15.7 Å². The second kappa shape index (κ2) is 7.90. The SMILES string of the molecule is CC(C)S(=O)(=O)c1ccc(-c2nnc(NC(=O)c3ccc(C(F)(F)F)cc3)o2)cc1. The lowest BCUT2D eigenvalue weighted by atomic mass is 10.1. The van der Waals surface area contributed by atoms with Crippen LogP contribution in [-0.2, 0) is 16.0 Å². The summed E-state index contributed by atoms with van der Waals surface area (Å²) < 4.78 is 67.4. The molecule has 0 spiro atoms. The van der Waals surface area contributed by atoms with Crippen LogP contribution in [0.5, 0.6) is 0 Å². The molecule has 0 saturated heterocycles. The number of carbonyl (C=O) groups excluding carboxylic acids is 1. The highest BCUT2D eigenvalue weighted by atomic mass is 32.2. The van der Waals surface area contributed by atoms with Crippen LogP contribution in [0.25, 0.3) is 11.5 Å². The van der Waals surface area contributed by atoms with Gasteiger partial charge in [-0.2, -0.15) is 13.2 Å². The first-order chi connectivity index (χ1) is 14.0. The number of aromatic nitrogens is 2. The van der Waals surface area contributed by atoms with E-state index in [0.717, 1.165) is 24.3 Å². The van der Waals surface area contributed by atoms with Crippen LogP contribution in [0.2, 0.25) is 0 Å². The second-order valence-corrected chi connectivity index (χ2v) is 9.06. The highest BCUT2D eigenvalue weighted by molar-refractivity contribution is 7.92. The Hall–Kier alpha value is -3.21. The average molecular weight is 439 g/mol. The van der Waals surface area contributed by atoms with Gasteiger partial charge in [-0.05, 0) is 62.4 Å². The molecule has 3 aromatic rings. The van der Waals surface area contributed by atoms with Gasteiger partial charge in [-0.1, -0.05) is 5.10 Å². The molecule has 1 heterocycles. The number of rotatable bonds is 5. The molecule has 30 heavy (non-hydrogen) atoms. The van der Waals surface area contributed by atoms with Crippen molar-refractivity contribution in [3.05, 3.63) is 59.7 Å². The van der Waals surface area contributed by atoms with Crippen molar-refractivity contribution in [3.8, 4) is 11.5 Å². The summed E-state index contributed by atoms with van der Waals surface area (Å²) in [4.78, 5) is 12.3. The third-order valence-electron chi connectivity index (χ3n) is 4.17. The summed E-state index contributed by atoms with van der Waals surface area (Å²) in [6.07, 6.45) is -4.50. The Labute approximate surface area is 169 Å². The molecule has 0 saturated carbocycles. The van der Waals surface area contributed by atoms with Gasteiger partial charge >= 0.3 is 12.2 Å². The first kappa shape index (κ1) is 21.5. The molecule has 1 N–H and O–H groups in total. The van der Waals surface area contributed by atoms with Crippen LogP contribution in [0.3, 0.4) is 0 Å². The number of amides is 1. The maximum atomic E-state index is 12.6. The van der Waals surface area contributed by atoms with Crippen molar-refractivity contribution in [2.24, 2.45) is 0 Å². The highest BCUT2D eigenvalue weighted by Gasteiger charge is 2.30. The quantitative estimate of drug-likeness (QED) is 0.640. The predicted molar refractivity (Wildman–Crippen MR) is 101 cm³/mol. The average Bonchev–Trinajstić information content (AvgIpc) is 3.16. The minimum Gasteiger partial charge on any atom is -0.403 e. The summed E-state index contributed by atoms with van der Waals surface area (Å²) in [5.74, 6) is -0.691. The van der Waals surface area contributed by atoms with Crippen LogP contribution < -0.4 is 5.32 Å². The van der Waals surface area contributed by atoms with E-state index < -0.39 is 32.7 Å². The fourth-order valence-corrected chi connectivity index (χ4v) is 3.49. The molecule has 0 atom stereocenters. The third-order valence-corrected chi connectivity index (χ3v) is 6.34. The fraction of sp³-hybridized carbons (Fsp3) is 0.211. The zero-order valence-electron chi connectivity index (χ0n) is 15.8. The summed E-state index contributed by atoms with van der Waals surface area (Å²) in [5, 5.41) is 9.17. The summed E-state index contributed by atoms with van der Waals surface area (Å²) in [6, 6.07) is 9.20. The Morgan fingerprint density at radius 1 is 1.00 bits per heavy atom. The van der Waals surface area contributed by atoms with Gasteiger partial charge in [-0.25, -0.2) is 8.42 Å². The Bertz CT molecular complexity index is 1150. The molecule has 1 amide bonds. The van der Waals surface area contributed by atoms with Gasteiger partial charge in [0.2, 0.25) is 5.89 Å². The minimum atomic E-state index is -4.50. The molecule has 0 radical (unpaired) electrons. The molecule has 3 rings (SSSR count). The van der Waals surface area contributed by atoms with Gasteiger partial charge in [-0.3, -0.25) is 10.1 Å². The largest absolute Gasteiger partial charge is 0.416 e. The van der Waals surface area contributed by atoms with Crippen molar-refractivity contribution in [3.63, 3.8) is 0 Å². The number of nitrogens with zero attached hydrogens (tertiary/aromatic N) is 2. The molecule has 1 aromatic heterocycles. The topological polar surface area (TPSA) is 102 Å². The van der Waals surface area contributed by atoms with Crippen LogP contribution >= 0.6 is 0 Å². The van der Waals surface area contributed by atoms with Crippen molar-refractivity contribution >= 4 is 21.8 Å². The van der Waals surface area contributed by atoms with Crippen LogP contribution in [-0.4, -0.2) is 29.8 Å². The lowest BCUT2D eigenvalue weighted by Gasteiger charge is -2.07. The number of hydrogen-bond donors (Lipinski definition) is 1. The van der Waals surface area contributed by atoms with Crippen LogP contribution in [0, 0.1) is 0 Å². The molecular formula is C19H16F3N3O4S. The predicted octanol–water partition coefficient (Wildman–Crippen LogP) is 4.19. The maximum absolute atomic E-state index is 12.6. The van der Waals surface area contributed by atoms with Crippen molar-refractivity contribution in [2.75, 3.05) is 5.32 Å². The Morgan fingerprint density at radius 2 is 1.60 bits per heavy atom. The number of sulfone groups is 1. The van der Waals surface area contributed by atoms with Gasteiger partial charge in [0.15, 0.2) is 9.84 Å². The molecule has 2 aromatic carbocycles. The standard InChI is InChI=1S/C19H16F3N3O4S/c1-11(2)30(27,28)15-9-5-13(6-10-15)17-24-25-18(29-17)23-16(26)12-3-7-14(8-4-12)19(20,21)22/h3-11H,1-2H3,(H,23,25,26). The third kappa shape index (κ3) is 4.51. The number of hydrogen-bond acceptors (Lipinski definition) is 6. The Morgan fingerprint density at radius 3 is 2.13 bits per heavy atom. The van der Waals surface area contributed by atoms with Gasteiger partial charge in [-0.15, -0.1) is 5.10 Å². The lowest BCUT2D eigenvalue weighted by Crippen LogP contribution is -2.13. The van der Waals surface area contributed by atoms with Gasteiger partial charge in [0.25, 0.3) is 5.91 Å². The van der Waals surface area contributed by atoms with E-state index in [1.54, 1.807) is 13.8 Å². The summed E-state index contributed by atoms with van der Waals surface area (Å²) >= 11 is 0. The van der Waals surface area contributed by atoms with E-state index in [1.165, 1.54) is 24.3 Å². The summed E-state index contributed by atoms with van der Waals surface area (Å²) in [5.41, 5.74) is -0.465. The van der Waals surface area contributed by atoms with E-state index in [0.29, 0.717) is 5.56 Å². The van der Waals surface area contributed by atoms with E-state index >= 15 is 0 Å².